The van der Waals surface area contributed by atoms with Gasteiger partial charge in [0.15, 0.2) is 0 Å². The van der Waals surface area contributed by atoms with Crippen LogP contribution in [0.3, 0.4) is 0 Å². The summed E-state index contributed by atoms with van der Waals surface area (Å²) >= 11 is 0. The minimum absolute atomic E-state index is 0.00249. The first kappa shape index (κ1) is 16.1. The zero-order valence-electron chi connectivity index (χ0n) is 13.5. The first-order chi connectivity index (χ1) is 11.8. The van der Waals surface area contributed by atoms with Crippen molar-refractivity contribution in [3.05, 3.63) is 95.9 Å². The van der Waals surface area contributed by atoms with Gasteiger partial charge >= 0.3 is 0 Å². The molecular formula is C21H21NO2. The summed E-state index contributed by atoms with van der Waals surface area (Å²) in [5.41, 5.74) is 3.01. The van der Waals surface area contributed by atoms with Gasteiger partial charge in [0.25, 0.3) is 5.91 Å². The molecule has 122 valence electrons. The standard InChI is InChI=1S/C21H21NO2/c23-21(19-14-15-24-16-19)22-20(18-11-5-2-6-12-18)13-7-10-17-8-3-1-4-9-17/h1-6,8-9,11-12,14-16,20H,7,10,13H2,(H,22,23)/t20-/m0/s1. The molecule has 0 radical (unpaired) electrons. The van der Waals surface area contributed by atoms with Crippen LogP contribution in [0.1, 0.15) is 40.4 Å². The smallest absolute Gasteiger partial charge is 0.255 e. The van der Waals surface area contributed by atoms with Gasteiger partial charge in [-0.15, -0.1) is 0 Å². The first-order valence-electron chi connectivity index (χ1n) is 8.25. The second-order valence-electron chi connectivity index (χ2n) is 5.83. The van der Waals surface area contributed by atoms with Gasteiger partial charge < -0.3 is 9.73 Å². The fourth-order valence-corrected chi connectivity index (χ4v) is 2.80. The molecule has 1 N–H and O–H groups in total. The van der Waals surface area contributed by atoms with Crippen molar-refractivity contribution in [3.63, 3.8) is 0 Å². The molecular weight excluding hydrogens is 298 g/mol. The van der Waals surface area contributed by atoms with Gasteiger partial charge in [0.1, 0.15) is 6.26 Å². The Morgan fingerprint density at radius 1 is 0.958 bits per heavy atom. The Morgan fingerprint density at radius 2 is 1.67 bits per heavy atom. The molecule has 0 aliphatic rings. The van der Waals surface area contributed by atoms with Crippen molar-refractivity contribution in [1.82, 2.24) is 5.32 Å². The van der Waals surface area contributed by atoms with Crippen LogP contribution in [0.2, 0.25) is 0 Å². The SMILES string of the molecule is O=C(N[C@@H](CCCc1ccccc1)c1ccccc1)c1ccoc1. The lowest BCUT2D eigenvalue weighted by molar-refractivity contribution is 0.0933. The van der Waals surface area contributed by atoms with E-state index in [0.29, 0.717) is 5.56 Å². The molecule has 3 nitrogen and oxygen atoms in total. The van der Waals surface area contributed by atoms with Crippen LogP contribution in [0.25, 0.3) is 0 Å². The molecule has 1 amide bonds. The highest BCUT2D eigenvalue weighted by molar-refractivity contribution is 5.94. The molecule has 1 atom stereocenters. The number of nitrogens with one attached hydrogen (secondary N) is 1. The second-order valence-corrected chi connectivity index (χ2v) is 5.83. The van der Waals surface area contributed by atoms with E-state index in [4.69, 9.17) is 4.42 Å². The number of aryl methyl sites for hydroxylation is 1. The fraction of sp³-hybridized carbons (Fsp3) is 0.190. The third kappa shape index (κ3) is 4.35. The maximum absolute atomic E-state index is 12.4. The fourth-order valence-electron chi connectivity index (χ4n) is 2.80. The van der Waals surface area contributed by atoms with E-state index in [1.807, 2.05) is 24.3 Å². The van der Waals surface area contributed by atoms with Crippen LogP contribution in [0, 0.1) is 0 Å². The minimum Gasteiger partial charge on any atom is -0.472 e. The summed E-state index contributed by atoms with van der Waals surface area (Å²) in [7, 11) is 0. The number of hydrogen-bond acceptors (Lipinski definition) is 2. The molecule has 0 aliphatic heterocycles. The third-order valence-electron chi connectivity index (χ3n) is 4.09. The number of rotatable bonds is 7. The van der Waals surface area contributed by atoms with E-state index in [2.05, 4.69) is 41.7 Å². The van der Waals surface area contributed by atoms with Crippen LogP contribution in [-0.4, -0.2) is 5.91 Å². The molecule has 1 aromatic heterocycles. The maximum Gasteiger partial charge on any atom is 0.255 e. The summed E-state index contributed by atoms with van der Waals surface area (Å²) < 4.78 is 5.00. The number of amides is 1. The zero-order chi connectivity index (χ0) is 16.6. The molecule has 0 aliphatic carbocycles. The Bertz CT molecular complexity index is 736. The molecule has 0 fully saturated rings. The van der Waals surface area contributed by atoms with Crippen molar-refractivity contribution in [2.75, 3.05) is 0 Å². The maximum atomic E-state index is 12.4. The molecule has 0 saturated carbocycles. The van der Waals surface area contributed by atoms with E-state index in [1.54, 1.807) is 6.07 Å². The van der Waals surface area contributed by atoms with Crippen molar-refractivity contribution in [2.45, 2.75) is 25.3 Å². The van der Waals surface area contributed by atoms with Gasteiger partial charge in [0.05, 0.1) is 17.9 Å². The van der Waals surface area contributed by atoms with Gasteiger partial charge in [0, 0.05) is 0 Å². The zero-order valence-corrected chi connectivity index (χ0v) is 13.5. The van der Waals surface area contributed by atoms with Crippen molar-refractivity contribution in [2.24, 2.45) is 0 Å². The number of furan rings is 1. The molecule has 3 rings (SSSR count). The van der Waals surface area contributed by atoms with Crippen molar-refractivity contribution in [3.8, 4) is 0 Å². The largest absolute Gasteiger partial charge is 0.472 e. The van der Waals surface area contributed by atoms with Crippen LogP contribution in [0.15, 0.2) is 83.7 Å². The van der Waals surface area contributed by atoms with E-state index in [9.17, 15) is 4.79 Å². The summed E-state index contributed by atoms with van der Waals surface area (Å²) in [5.74, 6) is -0.0997. The average molecular weight is 319 g/mol. The lowest BCUT2D eigenvalue weighted by atomic mass is 9.98. The van der Waals surface area contributed by atoms with E-state index < -0.39 is 0 Å². The summed E-state index contributed by atoms with van der Waals surface area (Å²) in [4.78, 5) is 12.4. The molecule has 0 unspecified atom stereocenters. The van der Waals surface area contributed by atoms with E-state index in [-0.39, 0.29) is 11.9 Å². The van der Waals surface area contributed by atoms with E-state index in [1.165, 1.54) is 18.1 Å². The molecule has 0 saturated heterocycles. The first-order valence-corrected chi connectivity index (χ1v) is 8.25. The number of hydrogen-bond donors (Lipinski definition) is 1. The van der Waals surface area contributed by atoms with Gasteiger partial charge in [-0.2, -0.15) is 0 Å². The highest BCUT2D eigenvalue weighted by Crippen LogP contribution is 2.20. The van der Waals surface area contributed by atoms with Gasteiger partial charge in [-0.05, 0) is 36.5 Å². The Labute approximate surface area is 142 Å². The predicted molar refractivity (Wildman–Crippen MR) is 94.7 cm³/mol. The summed E-state index contributed by atoms with van der Waals surface area (Å²) in [6, 6.07) is 22.2. The van der Waals surface area contributed by atoms with Gasteiger partial charge in [-0.1, -0.05) is 60.7 Å². The third-order valence-corrected chi connectivity index (χ3v) is 4.09. The second kappa shape index (κ2) is 8.16. The van der Waals surface area contributed by atoms with Crippen molar-refractivity contribution < 1.29 is 9.21 Å². The van der Waals surface area contributed by atoms with Crippen molar-refractivity contribution >= 4 is 5.91 Å². The molecule has 0 bridgehead atoms. The Hall–Kier alpha value is -2.81. The average Bonchev–Trinajstić information content (AvgIpc) is 3.17. The van der Waals surface area contributed by atoms with Crippen LogP contribution in [0.4, 0.5) is 0 Å². The lowest BCUT2D eigenvalue weighted by Crippen LogP contribution is -2.28. The number of carbonyl (C=O) groups is 1. The molecule has 2 aromatic carbocycles. The van der Waals surface area contributed by atoms with Crippen LogP contribution >= 0.6 is 0 Å². The summed E-state index contributed by atoms with van der Waals surface area (Å²) in [6.45, 7) is 0. The number of benzene rings is 2. The molecule has 3 aromatic rings. The Balaban J connectivity index is 1.65. The monoisotopic (exact) mass is 319 g/mol. The highest BCUT2D eigenvalue weighted by Gasteiger charge is 2.16. The van der Waals surface area contributed by atoms with E-state index >= 15 is 0 Å². The number of carbonyl (C=O) groups excluding carboxylic acids is 1. The van der Waals surface area contributed by atoms with Gasteiger partial charge in [0.2, 0.25) is 0 Å². The Kier molecular flexibility index (Phi) is 5.46. The van der Waals surface area contributed by atoms with Crippen LogP contribution in [-0.2, 0) is 6.42 Å². The van der Waals surface area contributed by atoms with Gasteiger partial charge in [-0.25, -0.2) is 0 Å². The summed E-state index contributed by atoms with van der Waals surface area (Å²) in [5, 5.41) is 3.12. The molecule has 3 heteroatoms. The van der Waals surface area contributed by atoms with E-state index in [0.717, 1.165) is 24.8 Å². The predicted octanol–water partition coefficient (Wildman–Crippen LogP) is 4.77. The van der Waals surface area contributed by atoms with Crippen molar-refractivity contribution in [1.29, 1.82) is 0 Å². The van der Waals surface area contributed by atoms with Crippen LogP contribution < -0.4 is 5.32 Å². The summed E-state index contributed by atoms with van der Waals surface area (Å²) in [6.07, 6.45) is 5.90. The van der Waals surface area contributed by atoms with Gasteiger partial charge in [-0.3, -0.25) is 4.79 Å². The molecule has 1 heterocycles. The lowest BCUT2D eigenvalue weighted by Gasteiger charge is -2.19. The van der Waals surface area contributed by atoms with Crippen LogP contribution in [0.5, 0.6) is 0 Å². The molecule has 24 heavy (non-hydrogen) atoms. The topological polar surface area (TPSA) is 42.2 Å². The Morgan fingerprint density at radius 3 is 2.33 bits per heavy atom. The minimum atomic E-state index is -0.0997. The molecule has 0 spiro atoms. The highest BCUT2D eigenvalue weighted by atomic mass is 16.3. The quantitative estimate of drug-likeness (QED) is 0.681. The normalized spacial score (nSPS) is 11.8.